The normalized spacial score (nSPS) is 23.9. The first kappa shape index (κ1) is 118. The number of hydrogen-bond acceptors (Lipinski definition) is 30. The van der Waals surface area contributed by atoms with E-state index in [0.29, 0.717) is 76.1 Å². The minimum atomic E-state index is -1.20. The highest BCUT2D eigenvalue weighted by Crippen LogP contribution is 2.38. The van der Waals surface area contributed by atoms with Gasteiger partial charge in [-0.1, -0.05) is 134 Å². The second kappa shape index (κ2) is 62.7. The first-order chi connectivity index (χ1) is 68.3. The molecule has 1 unspecified atom stereocenters. The number of pyridine rings is 1. The van der Waals surface area contributed by atoms with Crippen LogP contribution in [0.4, 0.5) is 0 Å². The van der Waals surface area contributed by atoms with E-state index in [9.17, 15) is 92.9 Å². The minimum Gasteiger partial charge on any atom is -0.494 e. The zero-order valence-corrected chi connectivity index (χ0v) is 83.9. The van der Waals surface area contributed by atoms with Crippen molar-refractivity contribution in [2.45, 2.75) is 331 Å². The molecule has 36 nitrogen and oxygen atoms in total. The maximum absolute atomic E-state index is 12.4. The van der Waals surface area contributed by atoms with E-state index in [1.54, 1.807) is 54.7 Å². The zero-order valence-electron chi connectivity index (χ0n) is 83.1. The number of unbranched alkanes of at least 4 members (excludes halogenated alkanes) is 1. The van der Waals surface area contributed by atoms with E-state index in [-0.39, 0.29) is 146 Å². The smallest absolute Gasteiger partial charge is 0.478 e. The summed E-state index contributed by atoms with van der Waals surface area (Å²) in [6.45, 7) is 10.2. The molecule has 3 aliphatic carbocycles. The quantitative estimate of drug-likeness (QED) is 0.00895. The number of nitrogens with zero attached hydrogens (tertiary/aromatic N) is 1. The number of ether oxygens (including phenoxy) is 1. The Morgan fingerprint density at radius 1 is 0.441 bits per heavy atom. The van der Waals surface area contributed by atoms with E-state index < -0.39 is 114 Å². The number of aromatic nitrogens is 1. The highest BCUT2D eigenvalue weighted by molar-refractivity contribution is 7.10. The van der Waals surface area contributed by atoms with Gasteiger partial charge >= 0.3 is 42.7 Å². The van der Waals surface area contributed by atoms with Crippen LogP contribution in [0.3, 0.4) is 0 Å². The van der Waals surface area contributed by atoms with E-state index in [0.717, 1.165) is 116 Å². The topological polar surface area (TPSA) is 565 Å². The number of rotatable bonds is 35. The molecule has 13 rings (SSSR count). The second-order valence-corrected chi connectivity index (χ2v) is 39.2. The number of hydrogen-bond donors (Lipinski definition) is 16. The monoisotopic (exact) mass is 2000 g/mol. The summed E-state index contributed by atoms with van der Waals surface area (Å²) in [4.78, 5) is 142. The Hall–Kier alpha value is -10.0. The zero-order chi connectivity index (χ0) is 104. The maximum atomic E-state index is 12.4. The molecule has 8 heterocycles. The van der Waals surface area contributed by atoms with Gasteiger partial charge in [-0.2, -0.15) is 0 Å². The molecule has 0 saturated heterocycles. The summed E-state index contributed by atoms with van der Waals surface area (Å²) in [6.07, 6.45) is 36.1. The molecule has 143 heavy (non-hydrogen) atoms. The summed E-state index contributed by atoms with van der Waals surface area (Å²) < 4.78 is 39.5. The third kappa shape index (κ3) is 45.6. The Balaban J connectivity index is 0.000000210. The van der Waals surface area contributed by atoms with Crippen molar-refractivity contribution in [3.63, 3.8) is 0 Å². The number of thiophene rings is 1. The van der Waals surface area contributed by atoms with Gasteiger partial charge in [0.15, 0.2) is 0 Å². The summed E-state index contributed by atoms with van der Waals surface area (Å²) in [5.41, 5.74) is 21.8. The van der Waals surface area contributed by atoms with Gasteiger partial charge in [-0.05, 0) is 210 Å². The number of nitrogens with two attached hydrogens (primary N) is 3. The van der Waals surface area contributed by atoms with Gasteiger partial charge in [-0.15, -0.1) is 11.3 Å². The van der Waals surface area contributed by atoms with Crippen molar-refractivity contribution in [3.05, 3.63) is 190 Å². The fraction of sp³-hybridized carbons (Fsp3) is 0.550. The predicted molar refractivity (Wildman–Crippen MR) is 544 cm³/mol. The van der Waals surface area contributed by atoms with Crippen LogP contribution in [-0.4, -0.2) is 245 Å². The largest absolute Gasteiger partial charge is 0.494 e. The average Bonchev–Trinajstić information content (AvgIpc) is 1.67. The van der Waals surface area contributed by atoms with E-state index in [4.69, 9.17) is 49.9 Å². The van der Waals surface area contributed by atoms with Gasteiger partial charge in [0.05, 0.1) is 98.1 Å². The van der Waals surface area contributed by atoms with E-state index in [2.05, 4.69) is 31.9 Å². The highest BCUT2D eigenvalue weighted by atomic mass is 32.1. The Morgan fingerprint density at radius 2 is 0.860 bits per heavy atom. The maximum Gasteiger partial charge on any atom is 0.478 e. The van der Waals surface area contributed by atoms with Crippen LogP contribution >= 0.6 is 11.3 Å². The fourth-order valence-electron chi connectivity index (χ4n) is 17.9. The Labute approximate surface area is 844 Å². The van der Waals surface area contributed by atoms with Gasteiger partial charge in [0.2, 0.25) is 47.3 Å². The molecule has 0 radical (unpaired) electrons. The first-order valence-electron chi connectivity index (χ1n) is 49.8. The molecule has 0 bridgehead atoms. The molecule has 6 aliphatic heterocycles. The molecular weight excluding hydrogens is 1850 g/mol. The number of ketones is 6. The first-order valence-corrected chi connectivity index (χ1v) is 50.7. The minimum absolute atomic E-state index is 0.00305. The van der Waals surface area contributed by atoms with Crippen molar-refractivity contribution in [2.24, 2.45) is 23.1 Å². The fourth-order valence-corrected chi connectivity index (χ4v) is 18.6. The van der Waals surface area contributed by atoms with Gasteiger partial charge in [0, 0.05) is 84.7 Å². The molecule has 774 valence electrons. The average molecular weight is 2000 g/mol. The summed E-state index contributed by atoms with van der Waals surface area (Å²) in [6, 6.07) is 25.9. The van der Waals surface area contributed by atoms with E-state index >= 15 is 0 Å². The van der Waals surface area contributed by atoms with E-state index in [1.165, 1.54) is 71.1 Å². The number of carbonyl (C=O) groups excluding carboxylic acids is 12. The van der Waals surface area contributed by atoms with Crippen LogP contribution in [0.15, 0.2) is 168 Å². The number of nitrogens with one attached hydrogen (secondary N) is 6. The van der Waals surface area contributed by atoms with Gasteiger partial charge in [0.25, 0.3) is 0 Å². The highest BCUT2D eigenvalue weighted by Gasteiger charge is 2.42. The van der Waals surface area contributed by atoms with Crippen molar-refractivity contribution in [2.75, 3.05) is 13.2 Å². The Bertz CT molecular complexity index is 4940. The standard InChI is InChI=1S/C20H29BN2O5.C17H22BNO4S.2C16H27BN2O4.C16H20BNO4.C15H19BN2O5/c1-15(24)12-18-8-5-9-19(21(26)28-18)23-20(25)14-16-6-4-7-17(13-16)27-11-3-2-10-22;1-11(20)8-15-14-6-2-4-12(14)9-16(18(22)23-15)19-17(21)10-13-5-3-7-24-13;1-11(20)9-14-3-2-4-15(17(22)23-14)19-16(21)10-12-5-7-13(18)8-6-12;1-12(20)10-13-6-5-7-14(17(22)23-13)19-15(21)11-16(18)8-3-2-4-9-16;1-12(19)10-14-8-5-9-15(17(21)22-14)18-16(20)11-13-6-3-2-4-7-13;1-11(19)9-13-6-4-7-14(16(21)23-13)17-15(20)10-12-5-2-3-8-18(12)22/h4-8,13,18-19,26H,2-3,9-12,14,22H2,1H3,(H,23,25);3,5,7,15-16,22H,2,4,6,8-10H2,1H3,(H,19,21);2-3,12-15,22H,4-10,18H2,1H3,(H,19,21);5-6,13-14,22H,2-4,7-11,18H2,1H3,(H,19,21);2-8,14-15,21H,9-11H2,1H3,(H,18,20);2-6,8,13-14,21H,7,9-10H2,1H3,(H-,17,20,22)/p+1/t18-,19+;15?,16-;12?,13?,14-,15+;13-,14+;14-,15+;13-,14+/m101111/s1. The molecule has 0 spiro atoms. The Kier molecular flexibility index (Phi) is 51.8. The lowest BCUT2D eigenvalue weighted by Crippen LogP contribution is -2.52. The lowest BCUT2D eigenvalue weighted by atomic mass is 9.75. The third-order valence-electron chi connectivity index (χ3n) is 25.1. The summed E-state index contributed by atoms with van der Waals surface area (Å²) >= 11 is 1.54. The molecule has 12 atom stereocenters. The van der Waals surface area contributed by atoms with Crippen LogP contribution in [0.5, 0.6) is 5.75 Å². The molecular formula is C100H145B6N10O26S+. The summed E-state index contributed by atoms with van der Waals surface area (Å²) in [7, 11) is -6.81. The van der Waals surface area contributed by atoms with Crippen LogP contribution < -0.4 is 58.6 Å². The van der Waals surface area contributed by atoms with Crippen LogP contribution in [0.1, 0.15) is 243 Å². The lowest BCUT2D eigenvalue weighted by molar-refractivity contribution is -0.909. The number of benzene rings is 2. The van der Waals surface area contributed by atoms with Crippen LogP contribution in [0.25, 0.3) is 0 Å². The molecule has 6 amide bonds. The van der Waals surface area contributed by atoms with Gasteiger partial charge in [0.1, 0.15) is 46.9 Å². The summed E-state index contributed by atoms with van der Waals surface area (Å²) in [5.74, 6) is -3.09. The number of carbonyl (C=O) groups is 12. The molecule has 2 aromatic carbocycles. The second-order valence-electron chi connectivity index (χ2n) is 38.2. The molecule has 9 aliphatic rings. The molecule has 43 heteroatoms. The van der Waals surface area contributed by atoms with Crippen molar-refractivity contribution in [1.29, 1.82) is 0 Å². The lowest BCUT2D eigenvalue weighted by Gasteiger charge is -2.33. The van der Waals surface area contributed by atoms with Crippen molar-refractivity contribution < 1.29 is 130 Å². The van der Waals surface area contributed by atoms with Gasteiger partial charge < -0.3 is 112 Å². The molecule has 2 fully saturated rings. The molecule has 2 saturated carbocycles. The van der Waals surface area contributed by atoms with Crippen molar-refractivity contribution in [1.82, 2.24) is 31.9 Å². The third-order valence-corrected chi connectivity index (χ3v) is 26.0. The molecule has 19 N–H and O–H groups in total. The molecule has 2 aromatic heterocycles. The number of Topliss-reactive ketones (excluding diaryl/α,β-unsaturated/α-hetero) is 6. The Morgan fingerprint density at radius 3 is 1.31 bits per heavy atom. The number of amides is 6. The van der Waals surface area contributed by atoms with Crippen LogP contribution in [0, 0.1) is 5.92 Å². The van der Waals surface area contributed by atoms with Gasteiger partial charge in [-0.25, -0.2) is 0 Å². The van der Waals surface area contributed by atoms with Crippen LogP contribution in [0.2, 0.25) is 0 Å². The van der Waals surface area contributed by atoms with Crippen molar-refractivity contribution in [3.8, 4) is 5.75 Å². The van der Waals surface area contributed by atoms with Crippen LogP contribution in [-0.2, 0) is 111 Å². The predicted octanol–water partition coefficient (Wildman–Crippen LogP) is 5.45. The molecule has 4 aromatic rings. The van der Waals surface area contributed by atoms with Gasteiger partial charge in [-0.3, -0.25) is 62.7 Å². The van der Waals surface area contributed by atoms with Crippen molar-refractivity contribution >= 4 is 124 Å². The summed E-state index contributed by atoms with van der Waals surface area (Å²) in [5, 5.41) is 89.4. The SMILES string of the molecule is CC(=O)CC1OB(O)[C@@H](NC(=O)Cc2cccs2)CC2=C1CCC2.CC(=O)C[C@H]1C=CC[C@H](NC(=O)CC2(N)CCCCC2)B(O)O1.CC(=O)C[C@H]1C=CC[C@H](NC(=O)CC2CCC(N)CC2)B(O)O1.CC(=O)C[C@H]1C=CC[C@H](NC(=O)Cc2cccc(OCCCCN)c2)B(O)O1.CC(=O)C[C@H]1C=CC[C@H](NC(=O)Cc2cccc[n+]2O)B(O)O1.CC(=O)C[C@H]1C=CC[C@H](NC(=O)Cc2ccccc2)B(O)O1. The van der Waals surface area contributed by atoms with E-state index in [1.807, 2.05) is 96.4 Å².